The summed E-state index contributed by atoms with van der Waals surface area (Å²) in [4.78, 5) is 23.3. The van der Waals surface area contributed by atoms with E-state index in [9.17, 15) is 4.79 Å². The number of carbonyl (C=O) groups excluding carboxylic acids is 1. The second kappa shape index (κ2) is 13.0. The number of nitrogens with two attached hydrogens (primary N) is 1. The van der Waals surface area contributed by atoms with Crippen LogP contribution in [0.2, 0.25) is 0 Å². The van der Waals surface area contributed by atoms with Crippen LogP contribution in [0.25, 0.3) is 0 Å². The van der Waals surface area contributed by atoms with Crippen molar-refractivity contribution in [2.75, 3.05) is 36.8 Å². The van der Waals surface area contributed by atoms with E-state index in [1.807, 2.05) is 55.5 Å². The molecule has 0 bridgehead atoms. The molecule has 202 valence electrons. The minimum absolute atomic E-state index is 0.0317. The van der Waals surface area contributed by atoms with Crippen molar-refractivity contribution < 1.29 is 19.0 Å². The van der Waals surface area contributed by atoms with Crippen molar-refractivity contribution in [3.05, 3.63) is 66.0 Å². The molecule has 0 spiro atoms. The summed E-state index contributed by atoms with van der Waals surface area (Å²) in [6.07, 6.45) is 4.82. The molecule has 1 aliphatic rings. The van der Waals surface area contributed by atoms with Gasteiger partial charge in [-0.2, -0.15) is 0 Å². The highest BCUT2D eigenvalue weighted by Gasteiger charge is 2.28. The standard InChI is InChI=1S/C29H37N5O4/c1-4-38-29(35)22-9-11-23(12-10-22)33-27-26(30)28(32-19-31-27)34(17-20-5-13-24(36-2)14-6-20)18-21-7-15-25(37-3)16-8-21/h5-8,13-16,19,22-23H,4,9-12,17-18,30H2,1-3H3,(H,31,32,33). The molecule has 0 amide bonds. The summed E-state index contributed by atoms with van der Waals surface area (Å²) < 4.78 is 15.8. The minimum atomic E-state index is -0.0949. The van der Waals surface area contributed by atoms with Crippen LogP contribution in [0.3, 0.4) is 0 Å². The Kier molecular flexibility index (Phi) is 9.24. The third-order valence-corrected chi connectivity index (χ3v) is 6.92. The molecule has 1 aromatic heterocycles. The van der Waals surface area contributed by atoms with Gasteiger partial charge in [-0.25, -0.2) is 9.97 Å². The van der Waals surface area contributed by atoms with E-state index in [0.29, 0.717) is 37.0 Å². The van der Waals surface area contributed by atoms with Gasteiger partial charge in [-0.3, -0.25) is 4.79 Å². The van der Waals surface area contributed by atoms with Crippen molar-refractivity contribution >= 4 is 23.3 Å². The van der Waals surface area contributed by atoms with E-state index in [1.165, 1.54) is 0 Å². The third-order valence-electron chi connectivity index (χ3n) is 6.92. The first-order valence-electron chi connectivity index (χ1n) is 13.0. The highest BCUT2D eigenvalue weighted by Crippen LogP contribution is 2.33. The fourth-order valence-electron chi connectivity index (χ4n) is 4.79. The van der Waals surface area contributed by atoms with Gasteiger partial charge in [0.1, 0.15) is 23.5 Å². The van der Waals surface area contributed by atoms with E-state index in [0.717, 1.165) is 48.3 Å². The second-order valence-electron chi connectivity index (χ2n) is 9.46. The third kappa shape index (κ3) is 6.85. The number of benzene rings is 2. The fraction of sp³-hybridized carbons (Fsp3) is 0.414. The molecule has 9 heteroatoms. The summed E-state index contributed by atoms with van der Waals surface area (Å²) in [5.41, 5.74) is 9.38. The lowest BCUT2D eigenvalue weighted by Crippen LogP contribution is -2.31. The van der Waals surface area contributed by atoms with Gasteiger partial charge in [-0.15, -0.1) is 0 Å². The Hall–Kier alpha value is -4.01. The molecule has 9 nitrogen and oxygen atoms in total. The normalized spacial score (nSPS) is 16.9. The van der Waals surface area contributed by atoms with E-state index in [2.05, 4.69) is 20.2 Å². The summed E-state index contributed by atoms with van der Waals surface area (Å²) in [5, 5.41) is 3.51. The number of aromatic nitrogens is 2. The molecule has 0 atom stereocenters. The molecule has 1 fully saturated rings. The van der Waals surface area contributed by atoms with Gasteiger partial charge in [0.05, 0.1) is 26.7 Å². The molecule has 2 aromatic carbocycles. The number of nitrogens with zero attached hydrogens (tertiary/aromatic N) is 3. The summed E-state index contributed by atoms with van der Waals surface area (Å²) in [5.74, 6) is 2.76. The molecule has 1 aliphatic carbocycles. The van der Waals surface area contributed by atoms with E-state index in [4.69, 9.17) is 19.9 Å². The molecule has 1 heterocycles. The Morgan fingerprint density at radius 3 is 1.97 bits per heavy atom. The van der Waals surface area contributed by atoms with Crippen molar-refractivity contribution in [2.45, 2.75) is 51.7 Å². The number of rotatable bonds is 11. The lowest BCUT2D eigenvalue weighted by molar-refractivity contribution is -0.149. The van der Waals surface area contributed by atoms with E-state index in [1.54, 1.807) is 20.5 Å². The van der Waals surface area contributed by atoms with Crippen LogP contribution in [0.1, 0.15) is 43.7 Å². The first-order valence-corrected chi connectivity index (χ1v) is 13.0. The minimum Gasteiger partial charge on any atom is -0.497 e. The van der Waals surface area contributed by atoms with Crippen molar-refractivity contribution in [3.63, 3.8) is 0 Å². The lowest BCUT2D eigenvalue weighted by atomic mass is 9.86. The maximum atomic E-state index is 12.1. The van der Waals surface area contributed by atoms with Gasteiger partial charge in [0.25, 0.3) is 0 Å². The van der Waals surface area contributed by atoms with Gasteiger partial charge >= 0.3 is 5.97 Å². The smallest absolute Gasteiger partial charge is 0.308 e. The van der Waals surface area contributed by atoms with Gasteiger partial charge in [0.15, 0.2) is 11.6 Å². The summed E-state index contributed by atoms with van der Waals surface area (Å²) >= 11 is 0. The quantitative estimate of drug-likeness (QED) is 0.344. The largest absolute Gasteiger partial charge is 0.497 e. The van der Waals surface area contributed by atoms with Crippen molar-refractivity contribution in [3.8, 4) is 11.5 Å². The molecule has 1 saturated carbocycles. The number of esters is 1. The Bertz CT molecular complexity index is 1130. The van der Waals surface area contributed by atoms with Crippen LogP contribution in [-0.4, -0.2) is 42.8 Å². The van der Waals surface area contributed by atoms with Crippen LogP contribution < -0.4 is 25.4 Å². The van der Waals surface area contributed by atoms with Crippen molar-refractivity contribution in [1.29, 1.82) is 0 Å². The van der Waals surface area contributed by atoms with Crippen LogP contribution in [0.4, 0.5) is 17.3 Å². The maximum absolute atomic E-state index is 12.1. The Morgan fingerprint density at radius 1 is 0.921 bits per heavy atom. The Labute approximate surface area is 224 Å². The van der Waals surface area contributed by atoms with Crippen molar-refractivity contribution in [2.24, 2.45) is 5.92 Å². The molecule has 0 radical (unpaired) electrons. The molecule has 3 N–H and O–H groups in total. The monoisotopic (exact) mass is 519 g/mol. The number of hydrogen-bond donors (Lipinski definition) is 2. The van der Waals surface area contributed by atoms with Crippen LogP contribution in [0, 0.1) is 5.92 Å². The maximum Gasteiger partial charge on any atom is 0.308 e. The predicted octanol–water partition coefficient (Wildman–Crippen LogP) is 4.82. The van der Waals surface area contributed by atoms with Gasteiger partial charge in [0.2, 0.25) is 0 Å². The van der Waals surface area contributed by atoms with Crippen LogP contribution in [-0.2, 0) is 22.6 Å². The van der Waals surface area contributed by atoms with Gasteiger partial charge in [0, 0.05) is 19.1 Å². The van der Waals surface area contributed by atoms with Crippen LogP contribution in [0.15, 0.2) is 54.9 Å². The van der Waals surface area contributed by atoms with Gasteiger partial charge in [-0.1, -0.05) is 24.3 Å². The van der Waals surface area contributed by atoms with Crippen LogP contribution >= 0.6 is 0 Å². The molecule has 4 rings (SSSR count). The predicted molar refractivity (Wildman–Crippen MR) is 148 cm³/mol. The van der Waals surface area contributed by atoms with Gasteiger partial charge < -0.3 is 30.2 Å². The zero-order chi connectivity index (χ0) is 26.9. The Balaban J connectivity index is 1.53. The first-order chi connectivity index (χ1) is 18.5. The second-order valence-corrected chi connectivity index (χ2v) is 9.46. The van der Waals surface area contributed by atoms with E-state index >= 15 is 0 Å². The van der Waals surface area contributed by atoms with E-state index in [-0.39, 0.29) is 17.9 Å². The molecule has 0 aliphatic heterocycles. The Morgan fingerprint density at radius 2 is 1.47 bits per heavy atom. The zero-order valence-electron chi connectivity index (χ0n) is 22.4. The van der Waals surface area contributed by atoms with Crippen molar-refractivity contribution in [1.82, 2.24) is 9.97 Å². The molecule has 0 unspecified atom stereocenters. The molecule has 38 heavy (non-hydrogen) atoms. The molecule has 0 saturated heterocycles. The average molecular weight is 520 g/mol. The molecular formula is C29H37N5O4. The highest BCUT2D eigenvalue weighted by atomic mass is 16.5. The number of methoxy groups -OCH3 is 2. The number of nitrogens with one attached hydrogen (secondary N) is 1. The highest BCUT2D eigenvalue weighted by molar-refractivity contribution is 5.75. The number of hydrogen-bond acceptors (Lipinski definition) is 9. The fourth-order valence-corrected chi connectivity index (χ4v) is 4.79. The topological polar surface area (TPSA) is 112 Å². The molecular weight excluding hydrogens is 482 g/mol. The van der Waals surface area contributed by atoms with E-state index < -0.39 is 0 Å². The lowest BCUT2D eigenvalue weighted by Gasteiger charge is -2.30. The summed E-state index contributed by atoms with van der Waals surface area (Å²) in [7, 11) is 3.31. The average Bonchev–Trinajstić information content (AvgIpc) is 2.95. The van der Waals surface area contributed by atoms with Gasteiger partial charge in [-0.05, 0) is 68.0 Å². The summed E-state index contributed by atoms with van der Waals surface area (Å²) in [6, 6.07) is 16.1. The number of carbonyl (C=O) groups is 1. The number of ether oxygens (including phenoxy) is 3. The number of anilines is 3. The number of nitrogen functional groups attached to an aromatic ring is 1. The summed E-state index contributed by atoms with van der Waals surface area (Å²) in [6.45, 7) is 3.45. The molecule has 3 aromatic rings. The first kappa shape index (κ1) is 27.0. The van der Waals surface area contributed by atoms with Crippen LogP contribution in [0.5, 0.6) is 11.5 Å². The zero-order valence-corrected chi connectivity index (χ0v) is 22.4. The SMILES string of the molecule is CCOC(=O)C1CCC(Nc2ncnc(N(Cc3ccc(OC)cc3)Cc3ccc(OC)cc3)c2N)CC1.